The number of hydrogen-bond acceptors (Lipinski definition) is 5. The molecule has 4 aromatic carbocycles. The molecule has 40 heavy (non-hydrogen) atoms. The molecule has 9 heteroatoms. The standard InChI is InChI=1S/C31H22BrFN2O5/c1-39-27-18-21(17-26(32)28(27)40-19-20-9-8-10-22(33)15-20)16-25-29(36)34(23-11-4-2-5-12-23)31(38)35(30(25)37)24-13-6-3-7-14-24/h2-18H,19H2,1H3. The summed E-state index contributed by atoms with van der Waals surface area (Å²) in [5.74, 6) is -1.19. The molecule has 0 N–H and O–H groups in total. The Balaban J connectivity index is 1.54. The van der Waals surface area contributed by atoms with E-state index in [1.165, 1.54) is 25.3 Å². The fraction of sp³-hybridized carbons (Fsp3) is 0.0645. The zero-order chi connectivity index (χ0) is 28.2. The zero-order valence-electron chi connectivity index (χ0n) is 21.2. The predicted octanol–water partition coefficient (Wildman–Crippen LogP) is 6.76. The van der Waals surface area contributed by atoms with E-state index in [9.17, 15) is 18.8 Å². The second kappa shape index (κ2) is 11.5. The molecule has 0 bridgehead atoms. The van der Waals surface area contributed by atoms with Gasteiger partial charge in [0.05, 0.1) is 23.0 Å². The molecule has 0 aliphatic carbocycles. The smallest absolute Gasteiger partial charge is 0.343 e. The van der Waals surface area contributed by atoms with Gasteiger partial charge < -0.3 is 9.47 Å². The van der Waals surface area contributed by atoms with Gasteiger partial charge in [-0.25, -0.2) is 19.0 Å². The van der Waals surface area contributed by atoms with Gasteiger partial charge in [-0.2, -0.15) is 0 Å². The number of amides is 4. The number of barbiturate groups is 1. The largest absolute Gasteiger partial charge is 0.493 e. The molecule has 1 heterocycles. The highest BCUT2D eigenvalue weighted by molar-refractivity contribution is 9.10. The number of carbonyl (C=O) groups excluding carboxylic acids is 3. The van der Waals surface area contributed by atoms with E-state index in [-0.39, 0.29) is 18.0 Å². The molecule has 0 radical (unpaired) electrons. The van der Waals surface area contributed by atoms with Gasteiger partial charge in [-0.15, -0.1) is 0 Å². The molecule has 0 spiro atoms. The number of anilines is 2. The summed E-state index contributed by atoms with van der Waals surface area (Å²) in [5.41, 5.74) is 1.53. The molecule has 0 unspecified atom stereocenters. The molecule has 1 fully saturated rings. The van der Waals surface area contributed by atoms with Crippen LogP contribution in [0.3, 0.4) is 0 Å². The predicted molar refractivity (Wildman–Crippen MR) is 153 cm³/mol. The summed E-state index contributed by atoms with van der Waals surface area (Å²) in [6.45, 7) is 0.0876. The molecule has 200 valence electrons. The first-order chi connectivity index (χ1) is 19.4. The lowest BCUT2D eigenvalue weighted by molar-refractivity contribution is -0.121. The van der Waals surface area contributed by atoms with Gasteiger partial charge in [0.1, 0.15) is 18.0 Å². The molecule has 7 nitrogen and oxygen atoms in total. The lowest BCUT2D eigenvalue weighted by Crippen LogP contribution is -2.57. The van der Waals surface area contributed by atoms with Crippen molar-refractivity contribution in [1.29, 1.82) is 0 Å². The summed E-state index contributed by atoms with van der Waals surface area (Å²) in [6, 6.07) is 25.4. The van der Waals surface area contributed by atoms with E-state index in [0.29, 0.717) is 38.5 Å². The van der Waals surface area contributed by atoms with E-state index >= 15 is 0 Å². The fourth-order valence-corrected chi connectivity index (χ4v) is 4.83. The van der Waals surface area contributed by atoms with E-state index < -0.39 is 17.8 Å². The van der Waals surface area contributed by atoms with E-state index in [2.05, 4.69) is 15.9 Å². The Morgan fingerprint density at radius 1 is 0.800 bits per heavy atom. The van der Waals surface area contributed by atoms with E-state index in [0.717, 1.165) is 9.80 Å². The molecule has 4 aromatic rings. The van der Waals surface area contributed by atoms with Gasteiger partial charge in [0.25, 0.3) is 11.8 Å². The van der Waals surface area contributed by atoms with Crippen molar-refractivity contribution in [1.82, 2.24) is 0 Å². The molecular formula is C31H22BrFN2O5. The SMILES string of the molecule is COc1cc(C=C2C(=O)N(c3ccccc3)C(=O)N(c3ccccc3)C2=O)cc(Br)c1OCc1cccc(F)c1. The lowest BCUT2D eigenvalue weighted by atomic mass is 10.0. The number of para-hydroxylation sites is 2. The van der Waals surface area contributed by atoms with Crippen molar-refractivity contribution in [2.45, 2.75) is 6.61 Å². The van der Waals surface area contributed by atoms with E-state index in [1.54, 1.807) is 84.9 Å². The van der Waals surface area contributed by atoms with Gasteiger partial charge in [-0.05, 0) is 81.7 Å². The van der Waals surface area contributed by atoms with Crippen LogP contribution in [-0.2, 0) is 16.2 Å². The topological polar surface area (TPSA) is 76.2 Å². The first-order valence-electron chi connectivity index (χ1n) is 12.2. The van der Waals surface area contributed by atoms with Crippen LogP contribution >= 0.6 is 15.9 Å². The second-order valence-corrected chi connectivity index (χ2v) is 9.60. The maximum atomic E-state index is 13.6. The Morgan fingerprint density at radius 2 is 1.40 bits per heavy atom. The molecule has 5 rings (SSSR count). The number of rotatable bonds is 7. The minimum atomic E-state index is -0.774. The van der Waals surface area contributed by atoms with Crippen molar-refractivity contribution in [2.24, 2.45) is 0 Å². The van der Waals surface area contributed by atoms with Crippen molar-refractivity contribution in [2.75, 3.05) is 16.9 Å². The highest BCUT2D eigenvalue weighted by Gasteiger charge is 2.43. The molecule has 4 amide bonds. The van der Waals surface area contributed by atoms with Gasteiger partial charge in [0, 0.05) is 0 Å². The van der Waals surface area contributed by atoms with Gasteiger partial charge in [-0.3, -0.25) is 9.59 Å². The number of hydrogen-bond donors (Lipinski definition) is 0. The number of nitrogens with zero attached hydrogens (tertiary/aromatic N) is 2. The van der Waals surface area contributed by atoms with Gasteiger partial charge in [-0.1, -0.05) is 48.5 Å². The van der Waals surface area contributed by atoms with Crippen LogP contribution in [0.25, 0.3) is 6.08 Å². The molecule has 0 saturated carbocycles. The average molecular weight is 601 g/mol. The number of benzene rings is 4. The number of ether oxygens (including phenoxy) is 2. The summed E-state index contributed by atoms with van der Waals surface area (Å²) in [4.78, 5) is 42.6. The molecule has 0 atom stereocenters. The van der Waals surface area contributed by atoms with Crippen molar-refractivity contribution in [3.63, 3.8) is 0 Å². The maximum absolute atomic E-state index is 13.6. The van der Waals surface area contributed by atoms with Crippen molar-refractivity contribution in [3.8, 4) is 11.5 Å². The normalized spacial score (nSPS) is 13.5. The van der Waals surface area contributed by atoms with Crippen LogP contribution in [0.4, 0.5) is 20.6 Å². The van der Waals surface area contributed by atoms with Crippen molar-refractivity contribution < 1.29 is 28.2 Å². The summed E-state index contributed by atoms with van der Waals surface area (Å²) >= 11 is 3.48. The third-order valence-corrected chi connectivity index (χ3v) is 6.70. The average Bonchev–Trinajstić information content (AvgIpc) is 2.96. The number of halogens is 2. The molecule has 1 aliphatic rings. The van der Waals surface area contributed by atoms with Crippen LogP contribution < -0.4 is 19.3 Å². The molecule has 0 aromatic heterocycles. The van der Waals surface area contributed by atoms with Crippen LogP contribution in [-0.4, -0.2) is 25.0 Å². The summed E-state index contributed by atoms with van der Waals surface area (Å²) in [5, 5.41) is 0. The summed E-state index contributed by atoms with van der Waals surface area (Å²) in [7, 11) is 1.46. The van der Waals surface area contributed by atoms with Gasteiger partial charge in [0.2, 0.25) is 0 Å². The highest BCUT2D eigenvalue weighted by Crippen LogP contribution is 2.38. The van der Waals surface area contributed by atoms with Crippen LogP contribution in [0.15, 0.2) is 107 Å². The number of imide groups is 2. The first-order valence-corrected chi connectivity index (χ1v) is 13.0. The molecule has 1 saturated heterocycles. The van der Waals surface area contributed by atoms with Gasteiger partial charge >= 0.3 is 6.03 Å². The Bertz CT molecular complexity index is 1560. The Labute approximate surface area is 238 Å². The summed E-state index contributed by atoms with van der Waals surface area (Å²) < 4.78 is 25.5. The Morgan fingerprint density at radius 3 is 1.95 bits per heavy atom. The third kappa shape index (κ3) is 5.37. The van der Waals surface area contributed by atoms with Gasteiger partial charge in [0.15, 0.2) is 11.5 Å². The minimum Gasteiger partial charge on any atom is -0.493 e. The Kier molecular flexibility index (Phi) is 7.75. The minimum absolute atomic E-state index is 0.0876. The summed E-state index contributed by atoms with van der Waals surface area (Å²) in [6.07, 6.45) is 1.41. The lowest BCUT2D eigenvalue weighted by Gasteiger charge is -2.34. The van der Waals surface area contributed by atoms with Crippen LogP contribution in [0.2, 0.25) is 0 Å². The van der Waals surface area contributed by atoms with E-state index in [1.807, 2.05) is 0 Å². The number of carbonyl (C=O) groups is 3. The first kappa shape index (κ1) is 26.8. The monoisotopic (exact) mass is 600 g/mol. The highest BCUT2D eigenvalue weighted by atomic mass is 79.9. The van der Waals surface area contributed by atoms with Crippen LogP contribution in [0.1, 0.15) is 11.1 Å². The van der Waals surface area contributed by atoms with Crippen molar-refractivity contribution >= 4 is 51.2 Å². The second-order valence-electron chi connectivity index (χ2n) is 8.75. The molecular weight excluding hydrogens is 579 g/mol. The number of urea groups is 1. The number of methoxy groups -OCH3 is 1. The molecule has 1 aliphatic heterocycles. The van der Waals surface area contributed by atoms with Crippen molar-refractivity contribution in [3.05, 3.63) is 124 Å². The fourth-order valence-electron chi connectivity index (χ4n) is 4.25. The zero-order valence-corrected chi connectivity index (χ0v) is 22.8. The maximum Gasteiger partial charge on any atom is 0.343 e. The van der Waals surface area contributed by atoms with Crippen LogP contribution in [0, 0.1) is 5.82 Å². The van der Waals surface area contributed by atoms with Crippen LogP contribution in [0.5, 0.6) is 11.5 Å². The Hall–Kier alpha value is -4.76. The quantitative estimate of drug-likeness (QED) is 0.173. The third-order valence-electron chi connectivity index (χ3n) is 6.11. The van der Waals surface area contributed by atoms with E-state index in [4.69, 9.17) is 9.47 Å².